The monoisotopic (exact) mass is 261 g/mol. The molecule has 1 unspecified atom stereocenters. The molecule has 2 amide bonds. The number of aromatic nitrogens is 1. The number of nitrogens with zero attached hydrogens (tertiary/aromatic N) is 1. The van der Waals surface area contributed by atoms with Gasteiger partial charge in [-0.15, -0.1) is 0 Å². The average molecular weight is 261 g/mol. The Morgan fingerprint density at radius 2 is 2.32 bits per heavy atom. The predicted octanol–water partition coefficient (Wildman–Crippen LogP) is 0.889. The van der Waals surface area contributed by atoms with Gasteiger partial charge in [-0.1, -0.05) is 0 Å². The van der Waals surface area contributed by atoms with Crippen molar-refractivity contribution in [1.82, 2.24) is 15.2 Å². The van der Waals surface area contributed by atoms with E-state index in [4.69, 9.17) is 0 Å². The Bertz CT molecular complexity index is 465. The van der Waals surface area contributed by atoms with Gasteiger partial charge in [-0.3, -0.25) is 9.59 Å². The van der Waals surface area contributed by atoms with E-state index in [0.29, 0.717) is 25.4 Å². The number of hydrogen-bond donors (Lipinski definition) is 2. The third kappa shape index (κ3) is 2.97. The zero-order valence-corrected chi connectivity index (χ0v) is 10.9. The molecule has 1 aromatic heterocycles. The standard InChI is InChI=1S/C14H19N3O2/c18-13-5-12(9-17(13)8-10-1-2-10)14(19)16-7-11-3-4-15-6-11/h3-4,6,10,12,15H,1-2,5,7-9H2,(H,16,19). The molecular formula is C14H19N3O2. The summed E-state index contributed by atoms with van der Waals surface area (Å²) in [6, 6.07) is 1.93. The molecule has 2 fully saturated rings. The fraction of sp³-hybridized carbons (Fsp3) is 0.571. The van der Waals surface area contributed by atoms with Crippen LogP contribution in [-0.2, 0) is 16.1 Å². The van der Waals surface area contributed by atoms with Gasteiger partial charge < -0.3 is 15.2 Å². The Kier molecular flexibility index (Phi) is 3.27. The van der Waals surface area contributed by atoms with Crippen LogP contribution < -0.4 is 5.32 Å². The quantitative estimate of drug-likeness (QED) is 0.826. The summed E-state index contributed by atoms with van der Waals surface area (Å²) in [5.41, 5.74) is 1.05. The van der Waals surface area contributed by atoms with Gasteiger partial charge in [0.2, 0.25) is 11.8 Å². The molecule has 1 saturated carbocycles. The Morgan fingerprint density at radius 3 is 3.00 bits per heavy atom. The summed E-state index contributed by atoms with van der Waals surface area (Å²) in [4.78, 5) is 28.7. The van der Waals surface area contributed by atoms with Crippen molar-refractivity contribution in [2.24, 2.45) is 11.8 Å². The van der Waals surface area contributed by atoms with E-state index in [0.717, 1.165) is 12.1 Å². The lowest BCUT2D eigenvalue weighted by atomic mass is 10.1. The van der Waals surface area contributed by atoms with Gasteiger partial charge in [-0.2, -0.15) is 0 Å². The van der Waals surface area contributed by atoms with Gasteiger partial charge in [0.15, 0.2) is 0 Å². The van der Waals surface area contributed by atoms with E-state index in [1.54, 1.807) is 0 Å². The number of hydrogen-bond acceptors (Lipinski definition) is 2. The van der Waals surface area contributed by atoms with E-state index in [2.05, 4.69) is 10.3 Å². The minimum Gasteiger partial charge on any atom is -0.367 e. The normalized spacial score (nSPS) is 22.8. The predicted molar refractivity (Wildman–Crippen MR) is 70.1 cm³/mol. The zero-order valence-electron chi connectivity index (χ0n) is 10.9. The number of carbonyl (C=O) groups excluding carboxylic acids is 2. The highest BCUT2D eigenvalue weighted by molar-refractivity contribution is 5.89. The molecule has 1 saturated heterocycles. The summed E-state index contributed by atoms with van der Waals surface area (Å²) in [6.45, 7) is 1.96. The van der Waals surface area contributed by atoms with Gasteiger partial charge in [0, 0.05) is 38.4 Å². The lowest BCUT2D eigenvalue weighted by Crippen LogP contribution is -2.33. The molecule has 2 N–H and O–H groups in total. The first-order chi connectivity index (χ1) is 9.22. The third-order valence-electron chi connectivity index (χ3n) is 3.89. The number of likely N-dealkylation sites (tertiary alicyclic amines) is 1. The largest absolute Gasteiger partial charge is 0.367 e. The Morgan fingerprint density at radius 1 is 1.47 bits per heavy atom. The highest BCUT2D eigenvalue weighted by Crippen LogP contribution is 2.31. The van der Waals surface area contributed by atoms with E-state index in [9.17, 15) is 9.59 Å². The zero-order chi connectivity index (χ0) is 13.2. The molecule has 1 aliphatic carbocycles. The van der Waals surface area contributed by atoms with Crippen LogP contribution in [0, 0.1) is 11.8 Å². The van der Waals surface area contributed by atoms with Crippen LogP contribution in [0.15, 0.2) is 18.5 Å². The van der Waals surface area contributed by atoms with Crippen molar-refractivity contribution in [2.75, 3.05) is 13.1 Å². The van der Waals surface area contributed by atoms with Crippen LogP contribution in [0.4, 0.5) is 0 Å². The molecule has 1 atom stereocenters. The molecule has 0 aromatic carbocycles. The lowest BCUT2D eigenvalue weighted by Gasteiger charge is -2.15. The van der Waals surface area contributed by atoms with Crippen molar-refractivity contribution in [2.45, 2.75) is 25.8 Å². The van der Waals surface area contributed by atoms with Gasteiger partial charge in [-0.25, -0.2) is 0 Å². The van der Waals surface area contributed by atoms with Gasteiger partial charge in [0.25, 0.3) is 0 Å². The molecule has 0 radical (unpaired) electrons. The molecule has 5 nitrogen and oxygen atoms in total. The van der Waals surface area contributed by atoms with Crippen LogP contribution in [0.3, 0.4) is 0 Å². The summed E-state index contributed by atoms with van der Waals surface area (Å²) in [5, 5.41) is 2.90. The first-order valence-electron chi connectivity index (χ1n) is 6.89. The Hall–Kier alpha value is -1.78. The summed E-state index contributed by atoms with van der Waals surface area (Å²) >= 11 is 0. The van der Waals surface area contributed by atoms with Crippen molar-refractivity contribution in [3.8, 4) is 0 Å². The Balaban J connectivity index is 1.48. The van der Waals surface area contributed by atoms with Gasteiger partial charge >= 0.3 is 0 Å². The van der Waals surface area contributed by atoms with E-state index in [1.165, 1.54) is 12.8 Å². The highest BCUT2D eigenvalue weighted by atomic mass is 16.2. The molecule has 3 rings (SSSR count). The topological polar surface area (TPSA) is 65.2 Å². The molecule has 0 bridgehead atoms. The second-order valence-corrected chi connectivity index (χ2v) is 5.58. The third-order valence-corrected chi connectivity index (χ3v) is 3.89. The smallest absolute Gasteiger partial charge is 0.225 e. The summed E-state index contributed by atoms with van der Waals surface area (Å²) < 4.78 is 0. The summed E-state index contributed by atoms with van der Waals surface area (Å²) in [7, 11) is 0. The maximum atomic E-state index is 12.0. The lowest BCUT2D eigenvalue weighted by molar-refractivity contribution is -0.129. The molecule has 19 heavy (non-hydrogen) atoms. The van der Waals surface area contributed by atoms with E-state index < -0.39 is 0 Å². The summed E-state index contributed by atoms with van der Waals surface area (Å²) in [6.07, 6.45) is 6.52. The fourth-order valence-electron chi connectivity index (χ4n) is 2.54. The Labute approximate surface area is 112 Å². The van der Waals surface area contributed by atoms with Crippen LogP contribution in [-0.4, -0.2) is 34.8 Å². The molecule has 1 aliphatic heterocycles. The van der Waals surface area contributed by atoms with E-state index >= 15 is 0 Å². The number of amides is 2. The number of aromatic amines is 1. The molecule has 5 heteroatoms. The van der Waals surface area contributed by atoms with Crippen LogP contribution in [0.2, 0.25) is 0 Å². The molecule has 102 valence electrons. The van der Waals surface area contributed by atoms with Crippen molar-refractivity contribution in [1.29, 1.82) is 0 Å². The summed E-state index contributed by atoms with van der Waals surface area (Å²) in [5.74, 6) is 0.636. The maximum Gasteiger partial charge on any atom is 0.225 e. The SMILES string of the molecule is O=C(NCc1cc[nH]c1)C1CC(=O)N(CC2CC2)C1. The minimum absolute atomic E-state index is 0.00662. The van der Waals surface area contributed by atoms with Crippen LogP contribution in [0.1, 0.15) is 24.8 Å². The fourth-order valence-corrected chi connectivity index (χ4v) is 2.54. The van der Waals surface area contributed by atoms with Gasteiger partial charge in [0.05, 0.1) is 5.92 Å². The van der Waals surface area contributed by atoms with E-state index in [-0.39, 0.29) is 17.7 Å². The maximum absolute atomic E-state index is 12.0. The molecule has 1 aromatic rings. The number of nitrogens with one attached hydrogen (secondary N) is 2. The van der Waals surface area contributed by atoms with Crippen LogP contribution in [0.25, 0.3) is 0 Å². The van der Waals surface area contributed by atoms with Crippen molar-refractivity contribution < 1.29 is 9.59 Å². The van der Waals surface area contributed by atoms with Crippen LogP contribution >= 0.6 is 0 Å². The van der Waals surface area contributed by atoms with Crippen molar-refractivity contribution >= 4 is 11.8 Å². The van der Waals surface area contributed by atoms with Gasteiger partial charge in [-0.05, 0) is 30.4 Å². The molecule has 0 spiro atoms. The first-order valence-corrected chi connectivity index (χ1v) is 6.89. The molecule has 2 heterocycles. The van der Waals surface area contributed by atoms with Gasteiger partial charge in [0.1, 0.15) is 0 Å². The van der Waals surface area contributed by atoms with Crippen molar-refractivity contribution in [3.63, 3.8) is 0 Å². The number of H-pyrrole nitrogens is 1. The average Bonchev–Trinajstić information content (AvgIpc) is 2.91. The second-order valence-electron chi connectivity index (χ2n) is 5.58. The second kappa shape index (κ2) is 5.07. The minimum atomic E-state index is -0.176. The number of rotatable bonds is 5. The van der Waals surface area contributed by atoms with Crippen molar-refractivity contribution in [3.05, 3.63) is 24.0 Å². The van der Waals surface area contributed by atoms with Crippen LogP contribution in [0.5, 0.6) is 0 Å². The molecule has 2 aliphatic rings. The highest BCUT2D eigenvalue weighted by Gasteiger charge is 2.36. The first kappa shape index (κ1) is 12.3. The van der Waals surface area contributed by atoms with E-state index in [1.807, 2.05) is 23.4 Å². The molecular weight excluding hydrogens is 242 g/mol. The number of carbonyl (C=O) groups is 2.